The van der Waals surface area contributed by atoms with E-state index >= 15 is 0 Å². The molecule has 0 saturated heterocycles. The Morgan fingerprint density at radius 2 is 2.05 bits per heavy atom. The first-order valence-electron chi connectivity index (χ1n) is 5.88. The number of benzene rings is 1. The second kappa shape index (κ2) is 5.88. The Kier molecular flexibility index (Phi) is 4.39. The average Bonchev–Trinajstić information content (AvgIpc) is 2.82. The van der Waals surface area contributed by atoms with Gasteiger partial charge >= 0.3 is 0 Å². The number of carbonyl (C=O) groups excluding carboxylic acids is 1. The molecule has 20 heavy (non-hydrogen) atoms. The summed E-state index contributed by atoms with van der Waals surface area (Å²) >= 11 is 2.76. The molecule has 7 heteroatoms. The predicted molar refractivity (Wildman–Crippen MR) is 79.5 cm³/mol. The van der Waals surface area contributed by atoms with Gasteiger partial charge in [-0.15, -0.1) is 10.2 Å². The summed E-state index contributed by atoms with van der Waals surface area (Å²) in [7, 11) is 3.77. The Bertz CT molecular complexity index is 655. The fraction of sp³-hybridized carbons (Fsp3) is 0.308. The lowest BCUT2D eigenvalue weighted by atomic mass is 10.1. The summed E-state index contributed by atoms with van der Waals surface area (Å²) in [6, 6.07) is 2.96. The van der Waals surface area contributed by atoms with Crippen molar-refractivity contribution in [3.8, 4) is 0 Å². The van der Waals surface area contributed by atoms with Crippen LogP contribution in [0.15, 0.2) is 21.4 Å². The lowest BCUT2D eigenvalue weighted by molar-refractivity contribution is 0.101. The van der Waals surface area contributed by atoms with E-state index in [0.717, 1.165) is 9.47 Å². The molecule has 0 N–H and O–H groups in total. The first-order valence-corrected chi connectivity index (χ1v) is 7.51. The minimum absolute atomic E-state index is 0.163. The maximum Gasteiger partial charge on any atom is 0.208 e. The van der Waals surface area contributed by atoms with Gasteiger partial charge in [-0.2, -0.15) is 0 Å². The number of nitrogens with zero attached hydrogens (tertiary/aromatic N) is 3. The highest BCUT2D eigenvalue weighted by molar-refractivity contribution is 8.01. The zero-order chi connectivity index (χ0) is 14.9. The van der Waals surface area contributed by atoms with Gasteiger partial charge in [0.1, 0.15) is 5.82 Å². The summed E-state index contributed by atoms with van der Waals surface area (Å²) in [6.45, 7) is 3.11. The van der Waals surface area contributed by atoms with E-state index in [-0.39, 0.29) is 11.6 Å². The maximum absolute atomic E-state index is 13.6. The van der Waals surface area contributed by atoms with Crippen LogP contribution in [0.5, 0.6) is 0 Å². The minimum Gasteiger partial charge on any atom is -0.353 e. The molecule has 2 rings (SSSR count). The first-order chi connectivity index (χ1) is 9.38. The molecule has 0 radical (unpaired) electrons. The molecule has 0 spiro atoms. The van der Waals surface area contributed by atoms with Crippen molar-refractivity contribution >= 4 is 34.0 Å². The summed E-state index contributed by atoms with van der Waals surface area (Å²) in [6.07, 6.45) is 0. The fourth-order valence-corrected chi connectivity index (χ4v) is 3.51. The van der Waals surface area contributed by atoms with E-state index in [4.69, 9.17) is 0 Å². The molecule has 1 heterocycles. The number of rotatable bonds is 4. The van der Waals surface area contributed by atoms with Crippen LogP contribution in [0.4, 0.5) is 9.52 Å². The van der Waals surface area contributed by atoms with Crippen LogP contribution < -0.4 is 4.90 Å². The van der Waals surface area contributed by atoms with Crippen molar-refractivity contribution in [3.63, 3.8) is 0 Å². The number of anilines is 1. The van der Waals surface area contributed by atoms with Crippen LogP contribution in [0, 0.1) is 12.7 Å². The summed E-state index contributed by atoms with van der Waals surface area (Å²) < 4.78 is 14.3. The van der Waals surface area contributed by atoms with E-state index < -0.39 is 0 Å². The van der Waals surface area contributed by atoms with E-state index in [1.165, 1.54) is 36.1 Å². The van der Waals surface area contributed by atoms with Gasteiger partial charge in [0.15, 0.2) is 10.1 Å². The number of carbonyl (C=O) groups is 1. The zero-order valence-corrected chi connectivity index (χ0v) is 13.2. The van der Waals surface area contributed by atoms with E-state index in [1.807, 2.05) is 19.0 Å². The van der Waals surface area contributed by atoms with Crippen LogP contribution in [0.3, 0.4) is 0 Å². The molecule has 1 aromatic heterocycles. The molecule has 4 nitrogen and oxygen atoms in total. The Labute approximate surface area is 125 Å². The van der Waals surface area contributed by atoms with Gasteiger partial charge in [0.25, 0.3) is 0 Å². The van der Waals surface area contributed by atoms with Crippen LogP contribution >= 0.6 is 23.1 Å². The topological polar surface area (TPSA) is 46.1 Å². The number of hydrogen-bond donors (Lipinski definition) is 0. The first kappa shape index (κ1) is 14.9. The molecule has 2 aromatic rings. The van der Waals surface area contributed by atoms with Gasteiger partial charge in [0.2, 0.25) is 5.13 Å². The van der Waals surface area contributed by atoms with Crippen LogP contribution in [-0.2, 0) is 0 Å². The van der Waals surface area contributed by atoms with Crippen LogP contribution in [-0.4, -0.2) is 30.1 Å². The lowest BCUT2D eigenvalue weighted by Gasteiger charge is -2.07. The smallest absolute Gasteiger partial charge is 0.208 e. The van der Waals surface area contributed by atoms with Gasteiger partial charge in [0, 0.05) is 24.6 Å². The molecule has 0 aliphatic carbocycles. The fourth-order valence-electron chi connectivity index (χ4n) is 1.53. The van der Waals surface area contributed by atoms with E-state index in [1.54, 1.807) is 13.0 Å². The van der Waals surface area contributed by atoms with Crippen molar-refractivity contribution in [3.05, 3.63) is 29.1 Å². The Morgan fingerprint density at radius 1 is 1.35 bits per heavy atom. The summed E-state index contributed by atoms with van der Waals surface area (Å²) in [5.41, 5.74) is 0.884. The minimum atomic E-state index is -0.370. The molecule has 0 bridgehead atoms. The van der Waals surface area contributed by atoms with Crippen molar-refractivity contribution in [1.82, 2.24) is 10.2 Å². The Hall–Kier alpha value is -1.47. The number of Topliss-reactive ketones (excluding diaryl/α,β-unsaturated/α-hetero) is 1. The predicted octanol–water partition coefficient (Wildman–Crippen LogP) is 3.41. The molecule has 1 aromatic carbocycles. The molecular weight excluding hydrogens is 297 g/mol. The van der Waals surface area contributed by atoms with Crippen molar-refractivity contribution in [2.45, 2.75) is 23.1 Å². The van der Waals surface area contributed by atoms with Crippen LogP contribution in [0.1, 0.15) is 22.8 Å². The third kappa shape index (κ3) is 3.16. The van der Waals surface area contributed by atoms with E-state index in [9.17, 15) is 9.18 Å². The number of aryl methyl sites for hydroxylation is 1. The van der Waals surface area contributed by atoms with Crippen molar-refractivity contribution in [2.24, 2.45) is 0 Å². The molecule has 0 aliphatic heterocycles. The zero-order valence-electron chi connectivity index (χ0n) is 11.6. The van der Waals surface area contributed by atoms with Gasteiger partial charge in [0.05, 0.1) is 0 Å². The monoisotopic (exact) mass is 311 g/mol. The van der Waals surface area contributed by atoms with Crippen LogP contribution in [0.2, 0.25) is 0 Å². The highest BCUT2D eigenvalue weighted by atomic mass is 32.2. The highest BCUT2D eigenvalue weighted by Gasteiger charge is 2.15. The summed E-state index contributed by atoms with van der Waals surface area (Å²) in [5.74, 6) is -0.533. The second-order valence-electron chi connectivity index (χ2n) is 4.50. The van der Waals surface area contributed by atoms with Gasteiger partial charge in [-0.1, -0.05) is 23.1 Å². The number of halogens is 1. The van der Waals surface area contributed by atoms with Crippen molar-refractivity contribution in [1.29, 1.82) is 0 Å². The van der Waals surface area contributed by atoms with Crippen LogP contribution in [0.25, 0.3) is 0 Å². The maximum atomic E-state index is 13.6. The quantitative estimate of drug-likeness (QED) is 0.810. The van der Waals surface area contributed by atoms with Gasteiger partial charge < -0.3 is 4.90 Å². The third-order valence-electron chi connectivity index (χ3n) is 2.62. The Balaban J connectivity index is 2.36. The van der Waals surface area contributed by atoms with E-state index in [2.05, 4.69) is 10.2 Å². The van der Waals surface area contributed by atoms with Gasteiger partial charge in [-0.25, -0.2) is 4.39 Å². The number of hydrogen-bond acceptors (Lipinski definition) is 6. The second-order valence-corrected chi connectivity index (χ2v) is 6.75. The average molecular weight is 311 g/mol. The molecule has 0 atom stereocenters. The van der Waals surface area contributed by atoms with Gasteiger partial charge in [-0.3, -0.25) is 4.79 Å². The molecular formula is C13H14FN3OS2. The molecule has 106 valence electrons. The molecule has 0 unspecified atom stereocenters. The molecule has 0 saturated carbocycles. The van der Waals surface area contributed by atoms with Crippen molar-refractivity contribution in [2.75, 3.05) is 19.0 Å². The Morgan fingerprint density at radius 3 is 2.60 bits per heavy atom. The molecule has 0 aliphatic rings. The number of aromatic nitrogens is 2. The largest absolute Gasteiger partial charge is 0.353 e. The summed E-state index contributed by atoms with van der Waals surface area (Å²) in [5, 5.41) is 8.90. The SMILES string of the molecule is CC(=O)c1cc(F)c(C)cc1Sc1nnc(N(C)C)s1. The standard InChI is InChI=1S/C13H14FN3OS2/c1-7-5-11(9(8(2)18)6-10(7)14)19-13-16-15-12(20-13)17(3)4/h5-6H,1-4H3. The summed E-state index contributed by atoms with van der Waals surface area (Å²) in [4.78, 5) is 14.2. The molecule has 0 amide bonds. The third-order valence-corrected chi connectivity index (χ3v) is 4.82. The molecule has 0 fully saturated rings. The number of ketones is 1. The normalized spacial score (nSPS) is 10.7. The van der Waals surface area contributed by atoms with Crippen molar-refractivity contribution < 1.29 is 9.18 Å². The van der Waals surface area contributed by atoms with Gasteiger partial charge in [-0.05, 0) is 31.5 Å². The highest BCUT2D eigenvalue weighted by Crippen LogP contribution is 2.35. The lowest BCUT2D eigenvalue weighted by Crippen LogP contribution is -2.07. The van der Waals surface area contributed by atoms with E-state index in [0.29, 0.717) is 16.0 Å².